The van der Waals surface area contributed by atoms with Gasteiger partial charge < -0.3 is 24.9 Å². The summed E-state index contributed by atoms with van der Waals surface area (Å²) in [6.45, 7) is -0.0100. The highest BCUT2D eigenvalue weighted by Gasteiger charge is 2.55. The van der Waals surface area contributed by atoms with Gasteiger partial charge in [-0.15, -0.1) is 41.3 Å². The molecule has 4 aromatic carbocycles. The Hall–Kier alpha value is -6.01. The second-order valence-corrected chi connectivity index (χ2v) is 15.7. The first kappa shape index (κ1) is 39.2. The van der Waals surface area contributed by atoms with Gasteiger partial charge in [0.05, 0.1) is 12.9 Å². The van der Waals surface area contributed by atoms with Gasteiger partial charge in [-0.1, -0.05) is 114 Å². The molecule has 0 bridgehead atoms. The quantitative estimate of drug-likeness (QED) is 0.0297. The van der Waals surface area contributed by atoms with Crippen molar-refractivity contribution in [3.63, 3.8) is 0 Å². The summed E-state index contributed by atoms with van der Waals surface area (Å²) in [5.41, 5.74) is 3.12. The molecule has 1 saturated heterocycles. The molecule has 7 rings (SSSR count). The second kappa shape index (κ2) is 17.8. The molecule has 3 heterocycles. The number of esters is 1. The fourth-order valence-electron chi connectivity index (χ4n) is 6.65. The minimum absolute atomic E-state index is 0.0100. The molecule has 1 aromatic heterocycles. The number of ether oxygens (including phenoxy) is 2. The van der Waals surface area contributed by atoms with E-state index < -0.39 is 34.7 Å². The van der Waals surface area contributed by atoms with Gasteiger partial charge in [0.1, 0.15) is 47.8 Å². The van der Waals surface area contributed by atoms with Crippen molar-refractivity contribution in [2.45, 2.75) is 23.6 Å². The SMILES string of the molecule is C#CCSC1=C(C(=O)OCc2ccc(OC)cc2)N2C(=O)[C@@H](NC(=O)/C(=N\OC)c3csc(NC(c4ccccc4)(c4ccccc4)c4ccccc4)n3)[C@@H]2SC1. The number of oxime groups is 1. The summed E-state index contributed by atoms with van der Waals surface area (Å²) in [5, 5.41) is 12.2. The molecule has 5 aromatic rings. The number of rotatable bonds is 15. The number of anilines is 1. The predicted molar refractivity (Wildman–Crippen MR) is 225 cm³/mol. The smallest absolute Gasteiger partial charge is 0.356 e. The van der Waals surface area contributed by atoms with Crippen LogP contribution in [0.1, 0.15) is 27.9 Å². The number of thioether (sulfide) groups is 2. The molecule has 2 aliphatic heterocycles. The van der Waals surface area contributed by atoms with Crippen molar-refractivity contribution in [1.82, 2.24) is 15.2 Å². The van der Waals surface area contributed by atoms with E-state index in [1.807, 2.05) is 54.6 Å². The third-order valence-electron chi connectivity index (χ3n) is 9.33. The van der Waals surface area contributed by atoms with Crippen molar-refractivity contribution < 1.29 is 28.7 Å². The van der Waals surface area contributed by atoms with Crippen molar-refractivity contribution in [2.75, 3.05) is 31.0 Å². The van der Waals surface area contributed by atoms with Gasteiger partial charge in [0.2, 0.25) is 0 Å². The zero-order valence-corrected chi connectivity index (χ0v) is 33.4. The summed E-state index contributed by atoms with van der Waals surface area (Å²) in [6, 6.07) is 36.4. The average Bonchev–Trinajstić information content (AvgIpc) is 3.73. The molecule has 288 valence electrons. The third kappa shape index (κ3) is 8.13. The highest BCUT2D eigenvalue weighted by atomic mass is 32.2. The fraction of sp³-hybridized carbons (Fsp3) is 0.186. The molecule has 2 amide bonds. The van der Waals surface area contributed by atoms with Gasteiger partial charge in [-0.25, -0.2) is 9.78 Å². The Bertz CT molecular complexity index is 2230. The molecule has 14 heteroatoms. The lowest BCUT2D eigenvalue weighted by atomic mass is 9.77. The topological polar surface area (TPSA) is 131 Å². The number of amides is 2. The van der Waals surface area contributed by atoms with E-state index >= 15 is 0 Å². The van der Waals surface area contributed by atoms with E-state index in [-0.39, 0.29) is 23.7 Å². The van der Waals surface area contributed by atoms with Crippen molar-refractivity contribution >= 4 is 63.5 Å². The molecule has 0 spiro atoms. The minimum Gasteiger partial charge on any atom is -0.497 e. The van der Waals surface area contributed by atoms with E-state index in [9.17, 15) is 14.4 Å². The zero-order chi connectivity index (χ0) is 39.8. The van der Waals surface area contributed by atoms with E-state index in [1.54, 1.807) is 36.8 Å². The molecule has 0 aliphatic carbocycles. The Morgan fingerprint density at radius 3 is 2.12 bits per heavy atom. The summed E-state index contributed by atoms with van der Waals surface area (Å²) < 4.78 is 10.9. The maximum atomic E-state index is 13.9. The van der Waals surface area contributed by atoms with Crippen LogP contribution in [0.5, 0.6) is 5.75 Å². The third-order valence-corrected chi connectivity index (χ3v) is 12.5. The number of aromatic nitrogens is 1. The number of nitrogens with zero attached hydrogens (tertiary/aromatic N) is 3. The van der Waals surface area contributed by atoms with Crippen LogP contribution in [-0.2, 0) is 36.1 Å². The van der Waals surface area contributed by atoms with E-state index in [2.05, 4.69) is 58.1 Å². The van der Waals surface area contributed by atoms with Crippen LogP contribution < -0.4 is 15.4 Å². The number of methoxy groups -OCH3 is 1. The van der Waals surface area contributed by atoms with Crippen molar-refractivity contribution in [2.24, 2.45) is 5.16 Å². The normalized spacial score (nSPS) is 16.5. The van der Waals surface area contributed by atoms with Crippen LogP contribution in [0.2, 0.25) is 0 Å². The zero-order valence-electron chi connectivity index (χ0n) is 30.9. The molecular formula is C43H37N5O6S3. The Balaban J connectivity index is 1.11. The maximum Gasteiger partial charge on any atom is 0.356 e. The molecule has 57 heavy (non-hydrogen) atoms. The number of carbonyl (C=O) groups is 3. The Morgan fingerprint density at radius 2 is 1.56 bits per heavy atom. The number of carbonyl (C=O) groups excluding carboxylic acids is 3. The fourth-order valence-corrected chi connectivity index (χ4v) is 9.70. The molecule has 0 unspecified atom stereocenters. The number of β-lactam (4-membered cyclic amide) rings is 1. The molecule has 11 nitrogen and oxygen atoms in total. The van der Waals surface area contributed by atoms with Crippen molar-refractivity contribution in [3.05, 3.63) is 159 Å². The largest absolute Gasteiger partial charge is 0.497 e. The van der Waals surface area contributed by atoms with E-state index in [4.69, 9.17) is 25.7 Å². The molecule has 2 atom stereocenters. The van der Waals surface area contributed by atoms with E-state index in [0.29, 0.717) is 27.3 Å². The van der Waals surface area contributed by atoms with Gasteiger partial charge >= 0.3 is 5.97 Å². The number of hydrogen-bond acceptors (Lipinski definition) is 12. The maximum absolute atomic E-state index is 13.9. The lowest BCUT2D eigenvalue weighted by Gasteiger charge is -2.49. The van der Waals surface area contributed by atoms with Gasteiger partial charge in [-0.05, 0) is 34.4 Å². The molecule has 2 aliphatic rings. The first-order valence-electron chi connectivity index (χ1n) is 17.7. The summed E-state index contributed by atoms with van der Waals surface area (Å²) in [6.07, 6.45) is 5.53. The molecule has 1 fully saturated rings. The molecule has 2 N–H and O–H groups in total. The highest BCUT2D eigenvalue weighted by Crippen LogP contribution is 2.44. The number of fused-ring (bicyclic) bond motifs is 1. The van der Waals surface area contributed by atoms with Crippen LogP contribution in [0.15, 0.2) is 136 Å². The first-order chi connectivity index (χ1) is 27.9. The average molecular weight is 816 g/mol. The van der Waals surface area contributed by atoms with Crippen LogP contribution >= 0.6 is 34.9 Å². The Kier molecular flexibility index (Phi) is 12.3. The second-order valence-electron chi connectivity index (χ2n) is 12.7. The lowest BCUT2D eigenvalue weighted by molar-refractivity contribution is -0.153. The van der Waals surface area contributed by atoms with E-state index in [0.717, 1.165) is 22.3 Å². The molecule has 0 saturated carbocycles. The Labute approximate surface area is 342 Å². The highest BCUT2D eigenvalue weighted by molar-refractivity contribution is 8.06. The van der Waals surface area contributed by atoms with E-state index in [1.165, 1.54) is 46.9 Å². The van der Waals surface area contributed by atoms with Crippen LogP contribution in [0.3, 0.4) is 0 Å². The van der Waals surface area contributed by atoms with Crippen molar-refractivity contribution in [1.29, 1.82) is 0 Å². The minimum atomic E-state index is -0.953. The van der Waals surface area contributed by atoms with Gasteiger partial charge in [0, 0.05) is 16.0 Å². The number of benzene rings is 4. The van der Waals surface area contributed by atoms with Gasteiger partial charge in [0.15, 0.2) is 10.8 Å². The van der Waals surface area contributed by atoms with Gasteiger partial charge in [-0.3, -0.25) is 14.5 Å². The summed E-state index contributed by atoms with van der Waals surface area (Å²) in [4.78, 5) is 53.3. The van der Waals surface area contributed by atoms with Crippen LogP contribution in [0, 0.1) is 12.3 Å². The first-order valence-corrected chi connectivity index (χ1v) is 20.7. The molecular weight excluding hydrogens is 779 g/mol. The summed E-state index contributed by atoms with van der Waals surface area (Å²) >= 11 is 4.03. The van der Waals surface area contributed by atoms with Crippen LogP contribution in [0.4, 0.5) is 5.13 Å². The van der Waals surface area contributed by atoms with Gasteiger partial charge in [0.25, 0.3) is 11.8 Å². The standard InChI is InChI=1S/C43H37N5O6S3/c1-4-24-55-34-27-56-40-36(39(50)48(40)37(34)41(51)54-25-28-20-22-32(52-2)23-21-28)45-38(49)35(47-53-3)33-26-57-42(44-33)46-43(29-14-8-5-9-15-29,30-16-10-6-11-17-30)31-18-12-7-13-19-31/h1,5-23,26,36,40H,24-25,27H2,2-3H3,(H,44,46)(H,45,49)/b47-35-/t36-,40+/m1/s1. The monoisotopic (exact) mass is 815 g/mol. The predicted octanol–water partition coefficient (Wildman–Crippen LogP) is 6.63. The Morgan fingerprint density at radius 1 is 0.947 bits per heavy atom. The number of nitrogens with one attached hydrogen (secondary N) is 2. The number of hydrogen-bond donors (Lipinski definition) is 2. The molecule has 0 radical (unpaired) electrons. The van der Waals surface area contributed by atoms with Crippen LogP contribution in [-0.4, -0.2) is 70.5 Å². The summed E-state index contributed by atoms with van der Waals surface area (Å²) in [5.74, 6) is 2.17. The number of thiazole rings is 1. The van der Waals surface area contributed by atoms with Gasteiger partial charge in [-0.2, -0.15) is 0 Å². The summed E-state index contributed by atoms with van der Waals surface area (Å²) in [7, 11) is 2.91. The lowest BCUT2D eigenvalue weighted by Crippen LogP contribution is -2.71. The number of terminal acetylenes is 1. The van der Waals surface area contributed by atoms with Crippen molar-refractivity contribution in [3.8, 4) is 18.1 Å². The van der Waals surface area contributed by atoms with Crippen LogP contribution in [0.25, 0.3) is 0 Å².